The Labute approximate surface area is 230 Å². The lowest BCUT2D eigenvalue weighted by Crippen LogP contribution is -2.42. The maximum Gasteiger partial charge on any atom is 0.335 e. The molecule has 1 fully saturated rings. The first-order valence-corrected chi connectivity index (χ1v) is 12.9. The summed E-state index contributed by atoms with van der Waals surface area (Å²) in [5.74, 6) is 1.15. The molecule has 2 aromatic carbocycles. The molecular weight excluding hydrogens is 508 g/mol. The Bertz CT molecular complexity index is 1670. The second-order valence-corrected chi connectivity index (χ2v) is 10.3. The highest BCUT2D eigenvalue weighted by atomic mass is 16.5. The van der Waals surface area contributed by atoms with E-state index in [1.54, 1.807) is 47.6 Å². The number of nitrogens with zero attached hydrogens (tertiary/aromatic N) is 6. The molecule has 2 aromatic heterocycles. The van der Waals surface area contributed by atoms with E-state index in [-0.39, 0.29) is 29.0 Å². The highest BCUT2D eigenvalue weighted by molar-refractivity contribution is 5.97. The van der Waals surface area contributed by atoms with Gasteiger partial charge in [-0.1, -0.05) is 18.2 Å². The van der Waals surface area contributed by atoms with Gasteiger partial charge in [0.1, 0.15) is 35.0 Å². The van der Waals surface area contributed by atoms with Crippen LogP contribution in [0.2, 0.25) is 0 Å². The fourth-order valence-corrected chi connectivity index (χ4v) is 4.94. The van der Waals surface area contributed by atoms with Crippen molar-refractivity contribution in [2.75, 3.05) is 18.8 Å². The van der Waals surface area contributed by atoms with E-state index in [1.807, 2.05) is 36.4 Å². The summed E-state index contributed by atoms with van der Waals surface area (Å²) >= 11 is 0. The molecule has 0 saturated carbocycles. The number of amides is 1. The third-order valence-corrected chi connectivity index (χ3v) is 6.74. The number of benzene rings is 2. The van der Waals surface area contributed by atoms with Gasteiger partial charge >= 0.3 is 5.69 Å². The molecule has 0 radical (unpaired) electrons. The molecule has 40 heavy (non-hydrogen) atoms. The molecule has 11 heteroatoms. The van der Waals surface area contributed by atoms with E-state index < -0.39 is 5.54 Å². The van der Waals surface area contributed by atoms with Gasteiger partial charge in [-0.15, -0.1) is 0 Å². The average Bonchev–Trinajstić information content (AvgIpc) is 3.25. The number of carbonyl (C=O) groups excluding carboxylic acids is 1. The first kappa shape index (κ1) is 26.6. The van der Waals surface area contributed by atoms with Gasteiger partial charge in [-0.05, 0) is 69.2 Å². The normalized spacial score (nSPS) is 14.8. The number of likely N-dealkylation sites (tertiary alicyclic amines) is 1. The van der Waals surface area contributed by atoms with E-state index in [2.05, 4.69) is 9.97 Å². The number of piperidine rings is 1. The molecule has 4 N–H and O–H groups in total. The topological polar surface area (TPSA) is 158 Å². The Hall–Kier alpha value is -4.95. The Balaban J connectivity index is 1.43. The van der Waals surface area contributed by atoms with Crippen LogP contribution in [0.5, 0.6) is 11.5 Å². The van der Waals surface area contributed by atoms with Crippen LogP contribution in [-0.4, -0.2) is 48.5 Å². The van der Waals surface area contributed by atoms with Gasteiger partial charge in [-0.25, -0.2) is 14.8 Å². The van der Waals surface area contributed by atoms with E-state index in [1.165, 1.54) is 17.0 Å². The minimum absolute atomic E-state index is 0.0138. The highest BCUT2D eigenvalue weighted by Gasteiger charge is 2.30. The molecule has 0 unspecified atom stereocenters. The third-order valence-electron chi connectivity index (χ3n) is 6.74. The number of anilines is 1. The van der Waals surface area contributed by atoms with Gasteiger partial charge in [0.25, 0.3) is 5.91 Å². The van der Waals surface area contributed by atoms with E-state index >= 15 is 0 Å². The van der Waals surface area contributed by atoms with E-state index in [0.717, 1.165) is 0 Å². The van der Waals surface area contributed by atoms with Crippen LogP contribution < -0.4 is 21.9 Å². The van der Waals surface area contributed by atoms with Gasteiger partial charge in [0, 0.05) is 24.7 Å². The number of fused-ring (bicyclic) bond motifs is 1. The smallest absolute Gasteiger partial charge is 0.335 e. The molecule has 1 aliphatic heterocycles. The van der Waals surface area contributed by atoms with Crippen LogP contribution in [0.1, 0.15) is 32.7 Å². The minimum atomic E-state index is -0.792. The van der Waals surface area contributed by atoms with Gasteiger partial charge in [0.05, 0.1) is 5.69 Å². The van der Waals surface area contributed by atoms with Crippen molar-refractivity contribution in [2.45, 2.75) is 38.3 Å². The van der Waals surface area contributed by atoms with Crippen molar-refractivity contribution in [1.29, 1.82) is 5.26 Å². The molecule has 1 saturated heterocycles. The summed E-state index contributed by atoms with van der Waals surface area (Å²) in [4.78, 5) is 37.0. The molecule has 1 aliphatic rings. The van der Waals surface area contributed by atoms with Crippen LogP contribution >= 0.6 is 0 Å². The summed E-state index contributed by atoms with van der Waals surface area (Å²) in [7, 11) is 0. The molecule has 1 amide bonds. The summed E-state index contributed by atoms with van der Waals surface area (Å²) < 4.78 is 9.03. The van der Waals surface area contributed by atoms with E-state index in [9.17, 15) is 14.9 Å². The van der Waals surface area contributed by atoms with Crippen LogP contribution in [0.25, 0.3) is 16.9 Å². The molecule has 11 nitrogen and oxygen atoms in total. The Kier molecular flexibility index (Phi) is 7.11. The molecule has 204 valence electrons. The number of ether oxygens (including phenoxy) is 1. The standard InChI is InChI=1S/C29H30N8O3/c1-29(2,32)16-19(17-30)27(38)35-14-12-21(13-15-35)37-26-24(25(31)33-18-34-26)36(28(37)39)20-8-10-23(11-9-20)40-22-6-4-3-5-7-22/h3-11,16,18,21H,12-15,32H2,1-2H3,(H2,31,33,34). The SMILES string of the molecule is CC(C)(N)C=C(C#N)C(=O)N1CCC(n2c(=O)n(-c3ccc(Oc4ccccc4)cc3)c3c(N)ncnc32)CC1. The maximum absolute atomic E-state index is 13.9. The first-order chi connectivity index (χ1) is 19.2. The largest absolute Gasteiger partial charge is 0.457 e. The Morgan fingerprint density at radius 2 is 1.73 bits per heavy atom. The lowest BCUT2D eigenvalue weighted by atomic mass is 10.0. The number of imidazole rings is 1. The highest BCUT2D eigenvalue weighted by Crippen LogP contribution is 2.29. The van der Waals surface area contributed by atoms with Crippen molar-refractivity contribution < 1.29 is 9.53 Å². The van der Waals surface area contributed by atoms with Crippen LogP contribution in [0.15, 0.2) is 77.4 Å². The monoisotopic (exact) mass is 538 g/mol. The molecule has 0 bridgehead atoms. The summed E-state index contributed by atoms with van der Waals surface area (Å²) in [6, 6.07) is 18.3. The first-order valence-electron chi connectivity index (χ1n) is 12.9. The van der Waals surface area contributed by atoms with Crippen LogP contribution in [0.4, 0.5) is 5.82 Å². The Morgan fingerprint density at radius 3 is 2.35 bits per heavy atom. The summed E-state index contributed by atoms with van der Waals surface area (Å²) in [5.41, 5.74) is 12.6. The van der Waals surface area contributed by atoms with E-state index in [0.29, 0.717) is 54.3 Å². The molecule has 4 aromatic rings. The predicted molar refractivity (Wildman–Crippen MR) is 151 cm³/mol. The summed E-state index contributed by atoms with van der Waals surface area (Å²) in [6.45, 7) is 4.20. The molecule has 3 heterocycles. The maximum atomic E-state index is 13.9. The van der Waals surface area contributed by atoms with Gasteiger partial charge in [0.2, 0.25) is 0 Å². The number of para-hydroxylation sites is 1. The fourth-order valence-electron chi connectivity index (χ4n) is 4.94. The second kappa shape index (κ2) is 10.7. The van der Waals surface area contributed by atoms with Crippen molar-refractivity contribution in [3.8, 4) is 23.3 Å². The molecule has 5 rings (SSSR count). The number of nitrogen functional groups attached to an aromatic ring is 1. The van der Waals surface area contributed by atoms with E-state index in [4.69, 9.17) is 16.2 Å². The number of hydrogen-bond donors (Lipinski definition) is 2. The molecule has 0 atom stereocenters. The fraction of sp³-hybridized carbons (Fsp3) is 0.276. The number of nitrogens with two attached hydrogens (primary N) is 2. The number of rotatable bonds is 6. The quantitative estimate of drug-likeness (QED) is 0.279. The summed E-state index contributed by atoms with van der Waals surface area (Å²) in [5, 5.41) is 9.50. The predicted octanol–water partition coefficient (Wildman–Crippen LogP) is 3.31. The molecule has 0 aliphatic carbocycles. The van der Waals surface area contributed by atoms with Crippen LogP contribution in [-0.2, 0) is 4.79 Å². The lowest BCUT2D eigenvalue weighted by Gasteiger charge is -2.32. The average molecular weight is 539 g/mol. The number of carbonyl (C=O) groups is 1. The number of hydrogen-bond acceptors (Lipinski definition) is 8. The van der Waals surface area contributed by atoms with Gasteiger partial charge < -0.3 is 21.1 Å². The lowest BCUT2D eigenvalue weighted by molar-refractivity contribution is -0.128. The van der Waals surface area contributed by atoms with Crippen LogP contribution in [0.3, 0.4) is 0 Å². The van der Waals surface area contributed by atoms with Gasteiger partial charge in [0.15, 0.2) is 11.5 Å². The van der Waals surface area contributed by atoms with Crippen molar-refractivity contribution >= 4 is 22.9 Å². The summed E-state index contributed by atoms with van der Waals surface area (Å²) in [6.07, 6.45) is 3.83. The second-order valence-electron chi connectivity index (χ2n) is 10.3. The zero-order valence-electron chi connectivity index (χ0n) is 22.3. The minimum Gasteiger partial charge on any atom is -0.457 e. The van der Waals surface area contributed by atoms with Crippen LogP contribution in [0, 0.1) is 11.3 Å². The van der Waals surface area contributed by atoms with Crippen molar-refractivity contribution in [1.82, 2.24) is 24.0 Å². The van der Waals surface area contributed by atoms with Crippen molar-refractivity contribution in [3.63, 3.8) is 0 Å². The van der Waals surface area contributed by atoms with Crippen molar-refractivity contribution in [3.05, 3.63) is 83.1 Å². The molecule has 0 spiro atoms. The third kappa shape index (κ3) is 5.30. The number of aromatic nitrogens is 4. The zero-order chi connectivity index (χ0) is 28.4. The van der Waals surface area contributed by atoms with Gasteiger partial charge in [-0.2, -0.15) is 5.26 Å². The van der Waals surface area contributed by atoms with Gasteiger partial charge in [-0.3, -0.25) is 13.9 Å². The number of nitriles is 1. The zero-order valence-corrected chi connectivity index (χ0v) is 22.3. The Morgan fingerprint density at radius 1 is 1.07 bits per heavy atom. The van der Waals surface area contributed by atoms with Crippen molar-refractivity contribution in [2.24, 2.45) is 5.73 Å². The molecular formula is C29H30N8O3.